The molecule has 0 atom stereocenters. The molecule has 1 radical (unpaired) electrons. The largest absolute Gasteiger partial charge is 0.0799 e. The molecule has 0 amide bonds. The van der Waals surface area contributed by atoms with Gasteiger partial charge in [0.05, 0.1) is 0 Å². The fourth-order valence-electron chi connectivity index (χ4n) is 0.502. The van der Waals surface area contributed by atoms with E-state index in [4.69, 9.17) is 0 Å². The standard InChI is InChI=1S/C6H8P/c1-2-4-6-7-5-3-1/h1-4H,5-6H2. The minimum Gasteiger partial charge on any atom is -0.0799 e. The summed E-state index contributed by atoms with van der Waals surface area (Å²) in [5.74, 6) is 0. The Morgan fingerprint density at radius 1 is 1.00 bits per heavy atom. The third kappa shape index (κ3) is 1.89. The highest BCUT2D eigenvalue weighted by Gasteiger charge is 1.81. The average molecular weight is 111 g/mol. The predicted molar refractivity (Wildman–Crippen MR) is 34.9 cm³/mol. The lowest BCUT2D eigenvalue weighted by molar-refractivity contribution is 1.74. The zero-order valence-corrected chi connectivity index (χ0v) is 5.07. The maximum atomic E-state index is 2.20. The normalized spacial score (nSPS) is 19.4. The summed E-state index contributed by atoms with van der Waals surface area (Å²) >= 11 is 0. The van der Waals surface area contributed by atoms with Crippen LogP contribution in [0.1, 0.15) is 0 Å². The molecule has 0 aromatic carbocycles. The first kappa shape index (κ1) is 5.05. The molecule has 0 aliphatic carbocycles. The van der Waals surface area contributed by atoms with E-state index in [1.807, 2.05) is 0 Å². The minimum atomic E-state index is 1.23. The Balaban J connectivity index is 2.39. The highest BCUT2D eigenvalue weighted by Crippen LogP contribution is 2.11. The summed E-state index contributed by atoms with van der Waals surface area (Å²) in [7, 11) is 1.53. The van der Waals surface area contributed by atoms with Gasteiger partial charge in [0, 0.05) is 0 Å². The van der Waals surface area contributed by atoms with E-state index in [-0.39, 0.29) is 0 Å². The van der Waals surface area contributed by atoms with Crippen LogP contribution in [0.2, 0.25) is 0 Å². The van der Waals surface area contributed by atoms with Gasteiger partial charge in [-0.15, -0.1) is 0 Å². The van der Waals surface area contributed by atoms with E-state index in [0.29, 0.717) is 0 Å². The summed E-state index contributed by atoms with van der Waals surface area (Å²) in [6.45, 7) is 0. The van der Waals surface area contributed by atoms with Crippen molar-refractivity contribution in [2.45, 2.75) is 0 Å². The summed E-state index contributed by atoms with van der Waals surface area (Å²) in [6.07, 6.45) is 11.1. The zero-order valence-electron chi connectivity index (χ0n) is 4.17. The number of rotatable bonds is 0. The maximum absolute atomic E-state index is 2.20. The lowest BCUT2D eigenvalue weighted by Crippen LogP contribution is -1.63. The van der Waals surface area contributed by atoms with Crippen LogP contribution in [0.3, 0.4) is 0 Å². The molecule has 0 fully saturated rings. The predicted octanol–water partition coefficient (Wildman–Crippen LogP) is 2.06. The molecule has 0 aromatic heterocycles. The van der Waals surface area contributed by atoms with Crippen molar-refractivity contribution in [2.24, 2.45) is 0 Å². The van der Waals surface area contributed by atoms with Crippen LogP contribution in [-0.2, 0) is 0 Å². The topological polar surface area (TPSA) is 0 Å². The van der Waals surface area contributed by atoms with Crippen molar-refractivity contribution in [1.82, 2.24) is 0 Å². The smallest absolute Gasteiger partial charge is 0.00998 e. The Hall–Kier alpha value is -0.0900. The lowest BCUT2D eigenvalue weighted by Gasteiger charge is -1.81. The van der Waals surface area contributed by atoms with Gasteiger partial charge in [-0.3, -0.25) is 0 Å². The Labute approximate surface area is 46.1 Å². The van der Waals surface area contributed by atoms with E-state index in [9.17, 15) is 0 Å². The van der Waals surface area contributed by atoms with Crippen LogP contribution in [-0.4, -0.2) is 12.3 Å². The van der Waals surface area contributed by atoms with Gasteiger partial charge in [-0.2, -0.15) is 0 Å². The molecule has 1 aliphatic rings. The highest BCUT2D eigenvalue weighted by molar-refractivity contribution is 7.38. The van der Waals surface area contributed by atoms with Crippen LogP contribution in [0.4, 0.5) is 0 Å². The molecule has 0 saturated carbocycles. The van der Waals surface area contributed by atoms with Gasteiger partial charge in [-0.1, -0.05) is 32.9 Å². The fraction of sp³-hybridized carbons (Fsp3) is 0.333. The van der Waals surface area contributed by atoms with Gasteiger partial charge in [0.15, 0.2) is 0 Å². The molecule has 1 rings (SSSR count). The first-order valence-corrected chi connectivity index (χ1v) is 3.71. The Morgan fingerprint density at radius 2 is 1.57 bits per heavy atom. The molecule has 37 valence electrons. The third-order valence-electron chi connectivity index (χ3n) is 0.852. The van der Waals surface area contributed by atoms with Crippen molar-refractivity contribution in [3.63, 3.8) is 0 Å². The van der Waals surface area contributed by atoms with Crippen molar-refractivity contribution in [1.29, 1.82) is 0 Å². The summed E-state index contributed by atoms with van der Waals surface area (Å²) in [5, 5.41) is 0. The van der Waals surface area contributed by atoms with Crippen molar-refractivity contribution in [3.8, 4) is 0 Å². The van der Waals surface area contributed by atoms with E-state index in [1.54, 1.807) is 0 Å². The van der Waals surface area contributed by atoms with E-state index in [0.717, 1.165) is 0 Å². The molecule has 0 unspecified atom stereocenters. The second-order valence-corrected chi connectivity index (χ2v) is 2.62. The van der Waals surface area contributed by atoms with Crippen LogP contribution in [0.5, 0.6) is 0 Å². The van der Waals surface area contributed by atoms with Crippen LogP contribution >= 0.6 is 8.58 Å². The molecule has 0 bridgehead atoms. The second kappa shape index (κ2) is 2.98. The highest BCUT2D eigenvalue weighted by atomic mass is 31.1. The molecular formula is C6H8P. The molecule has 1 heteroatoms. The molecule has 7 heavy (non-hydrogen) atoms. The van der Waals surface area contributed by atoms with Crippen LogP contribution in [0, 0.1) is 0 Å². The van der Waals surface area contributed by atoms with Gasteiger partial charge in [-0.25, -0.2) is 0 Å². The quantitative estimate of drug-likeness (QED) is 0.420. The van der Waals surface area contributed by atoms with Gasteiger partial charge in [-0.05, 0) is 12.3 Å². The summed E-state index contributed by atoms with van der Waals surface area (Å²) in [4.78, 5) is 0. The van der Waals surface area contributed by atoms with E-state index in [2.05, 4.69) is 24.3 Å². The Morgan fingerprint density at radius 3 is 2.14 bits per heavy atom. The molecule has 0 aromatic rings. The van der Waals surface area contributed by atoms with E-state index in [1.165, 1.54) is 20.9 Å². The fourth-order valence-corrected chi connectivity index (χ4v) is 1.19. The van der Waals surface area contributed by atoms with Crippen molar-refractivity contribution >= 4 is 8.58 Å². The third-order valence-corrected chi connectivity index (χ3v) is 1.79. The monoisotopic (exact) mass is 111 g/mol. The molecule has 0 spiro atoms. The van der Waals surface area contributed by atoms with E-state index < -0.39 is 0 Å². The SMILES string of the molecule is C1=CC[P]CC=C1. The number of hydrogen-bond acceptors (Lipinski definition) is 0. The molecular weight excluding hydrogens is 103 g/mol. The van der Waals surface area contributed by atoms with Gasteiger partial charge in [0.2, 0.25) is 0 Å². The zero-order chi connectivity index (χ0) is 4.95. The molecule has 0 nitrogen and oxygen atoms in total. The summed E-state index contributed by atoms with van der Waals surface area (Å²) in [5.41, 5.74) is 0. The van der Waals surface area contributed by atoms with Crippen molar-refractivity contribution < 1.29 is 0 Å². The van der Waals surface area contributed by atoms with Gasteiger partial charge >= 0.3 is 0 Å². The lowest BCUT2D eigenvalue weighted by atomic mass is 10.5. The van der Waals surface area contributed by atoms with E-state index >= 15 is 0 Å². The van der Waals surface area contributed by atoms with Gasteiger partial charge in [0.1, 0.15) is 0 Å². The first-order valence-electron chi connectivity index (χ1n) is 2.45. The number of hydrogen-bond donors (Lipinski definition) is 0. The Kier molecular flexibility index (Phi) is 2.15. The number of allylic oxidation sites excluding steroid dienone is 4. The second-order valence-electron chi connectivity index (χ2n) is 1.45. The summed E-state index contributed by atoms with van der Waals surface area (Å²) < 4.78 is 0. The van der Waals surface area contributed by atoms with Crippen LogP contribution in [0.15, 0.2) is 24.3 Å². The van der Waals surface area contributed by atoms with Crippen molar-refractivity contribution in [2.75, 3.05) is 12.3 Å². The Bertz CT molecular complexity index is 80.4. The van der Waals surface area contributed by atoms with Gasteiger partial charge < -0.3 is 0 Å². The average Bonchev–Trinajstić information content (AvgIpc) is 1.90. The van der Waals surface area contributed by atoms with Crippen LogP contribution < -0.4 is 0 Å². The van der Waals surface area contributed by atoms with Crippen molar-refractivity contribution in [3.05, 3.63) is 24.3 Å². The molecule has 1 aliphatic heterocycles. The first-order chi connectivity index (χ1) is 3.50. The molecule has 0 N–H and O–H groups in total. The summed E-state index contributed by atoms with van der Waals surface area (Å²) in [6, 6.07) is 0. The minimum absolute atomic E-state index is 1.23. The molecule has 1 heterocycles. The maximum Gasteiger partial charge on any atom is -0.00998 e. The van der Waals surface area contributed by atoms with Crippen LogP contribution in [0.25, 0.3) is 0 Å². The van der Waals surface area contributed by atoms with Gasteiger partial charge in [0.25, 0.3) is 0 Å². The molecule has 0 saturated heterocycles.